The van der Waals surface area contributed by atoms with Crippen LogP contribution in [0.25, 0.3) is 0 Å². The molecule has 1 atom stereocenters. The lowest BCUT2D eigenvalue weighted by Crippen LogP contribution is -2.15. The summed E-state index contributed by atoms with van der Waals surface area (Å²) in [6.07, 6.45) is 0.752. The van der Waals surface area contributed by atoms with Crippen LogP contribution in [-0.2, 0) is 6.42 Å². The van der Waals surface area contributed by atoms with Gasteiger partial charge in [0.1, 0.15) is 5.82 Å². The number of nitrogens with zero attached hydrogens (tertiary/aromatic N) is 2. The summed E-state index contributed by atoms with van der Waals surface area (Å²) in [6.45, 7) is 0. The van der Waals surface area contributed by atoms with Gasteiger partial charge in [-0.2, -0.15) is 0 Å². The Morgan fingerprint density at radius 1 is 1.33 bits per heavy atom. The summed E-state index contributed by atoms with van der Waals surface area (Å²) in [4.78, 5) is 4.13. The molecular weight excluding hydrogens is 256 g/mol. The van der Waals surface area contributed by atoms with Crippen molar-refractivity contribution in [3.8, 4) is 0 Å². The molecule has 2 aromatic rings. The fourth-order valence-electron chi connectivity index (χ4n) is 1.38. The van der Waals surface area contributed by atoms with Crippen molar-refractivity contribution in [1.82, 2.24) is 15.2 Å². The third-order valence-electron chi connectivity index (χ3n) is 2.13. The number of halogens is 1. The first-order valence-electron chi connectivity index (χ1n) is 4.63. The molecule has 0 unspecified atom stereocenters. The summed E-state index contributed by atoms with van der Waals surface area (Å²) < 4.78 is 0.543. The highest BCUT2D eigenvalue weighted by atomic mass is 79.9. The zero-order valence-electron chi connectivity index (χ0n) is 8.02. The van der Waals surface area contributed by atoms with E-state index in [1.54, 1.807) is 0 Å². The third-order valence-corrected chi connectivity index (χ3v) is 2.48. The van der Waals surface area contributed by atoms with Gasteiger partial charge in [0.05, 0.1) is 6.04 Å². The summed E-state index contributed by atoms with van der Waals surface area (Å²) in [5, 5.41) is 6.67. The molecule has 0 aliphatic rings. The summed E-state index contributed by atoms with van der Waals surface area (Å²) in [7, 11) is 0. The first kappa shape index (κ1) is 10.3. The van der Waals surface area contributed by atoms with E-state index in [9.17, 15) is 0 Å². The van der Waals surface area contributed by atoms with Crippen LogP contribution in [0, 0.1) is 0 Å². The van der Waals surface area contributed by atoms with Crippen molar-refractivity contribution in [2.45, 2.75) is 12.5 Å². The molecule has 0 radical (unpaired) electrons. The molecule has 0 fully saturated rings. The second-order valence-electron chi connectivity index (χ2n) is 3.29. The zero-order chi connectivity index (χ0) is 10.7. The van der Waals surface area contributed by atoms with Gasteiger partial charge < -0.3 is 5.73 Å². The number of rotatable bonds is 3. The Balaban J connectivity index is 2.07. The molecule has 0 spiro atoms. The second kappa shape index (κ2) is 4.55. The lowest BCUT2D eigenvalue weighted by molar-refractivity contribution is 0.671. The number of aromatic nitrogens is 3. The van der Waals surface area contributed by atoms with Gasteiger partial charge in [-0.15, -0.1) is 5.10 Å². The predicted octanol–water partition coefficient (Wildman–Crippen LogP) is 1.81. The van der Waals surface area contributed by atoms with E-state index < -0.39 is 0 Å². The smallest absolute Gasteiger partial charge is 0.217 e. The number of H-pyrrole nitrogens is 1. The van der Waals surface area contributed by atoms with Crippen LogP contribution >= 0.6 is 15.9 Å². The minimum atomic E-state index is -0.147. The maximum atomic E-state index is 5.99. The van der Waals surface area contributed by atoms with Crippen molar-refractivity contribution in [3.63, 3.8) is 0 Å². The normalized spacial score (nSPS) is 12.7. The van der Waals surface area contributed by atoms with Gasteiger partial charge in [-0.05, 0) is 27.9 Å². The van der Waals surface area contributed by atoms with Gasteiger partial charge in [0.25, 0.3) is 0 Å². The minimum absolute atomic E-state index is 0.147. The van der Waals surface area contributed by atoms with E-state index in [4.69, 9.17) is 5.73 Å². The number of nitrogens with two attached hydrogens (primary N) is 1. The molecule has 0 bridgehead atoms. The Hall–Kier alpha value is -1.20. The molecule has 0 aliphatic carbocycles. The fraction of sp³-hybridized carbons (Fsp3) is 0.200. The van der Waals surface area contributed by atoms with Crippen LogP contribution in [0.4, 0.5) is 0 Å². The number of hydrogen-bond donors (Lipinski definition) is 2. The molecule has 2 rings (SSSR count). The van der Waals surface area contributed by atoms with Crippen LogP contribution in [0.15, 0.2) is 35.1 Å². The molecule has 4 nitrogen and oxygen atoms in total. The minimum Gasteiger partial charge on any atom is -0.321 e. The van der Waals surface area contributed by atoms with E-state index in [0.29, 0.717) is 10.6 Å². The number of benzene rings is 1. The Morgan fingerprint density at radius 3 is 2.67 bits per heavy atom. The maximum Gasteiger partial charge on any atom is 0.217 e. The van der Waals surface area contributed by atoms with Crippen molar-refractivity contribution >= 4 is 15.9 Å². The predicted molar refractivity (Wildman–Crippen MR) is 61.2 cm³/mol. The van der Waals surface area contributed by atoms with Gasteiger partial charge in [0, 0.05) is 0 Å². The molecule has 0 saturated carbocycles. The number of nitrogens with one attached hydrogen (secondary N) is 1. The van der Waals surface area contributed by atoms with Crippen LogP contribution in [0.3, 0.4) is 0 Å². The quantitative estimate of drug-likeness (QED) is 0.891. The molecule has 5 heteroatoms. The first-order chi connectivity index (χ1) is 7.25. The molecule has 0 saturated heterocycles. The van der Waals surface area contributed by atoms with Crippen molar-refractivity contribution in [3.05, 3.63) is 46.5 Å². The van der Waals surface area contributed by atoms with Gasteiger partial charge >= 0.3 is 0 Å². The second-order valence-corrected chi connectivity index (χ2v) is 4.00. The molecule has 0 aliphatic heterocycles. The summed E-state index contributed by atoms with van der Waals surface area (Å²) in [5.41, 5.74) is 7.18. The lowest BCUT2D eigenvalue weighted by Gasteiger charge is -2.07. The Morgan fingerprint density at radius 2 is 2.07 bits per heavy atom. The molecule has 1 aromatic heterocycles. The molecule has 0 amide bonds. The largest absolute Gasteiger partial charge is 0.321 e. The highest BCUT2D eigenvalue weighted by Crippen LogP contribution is 2.13. The Bertz CT molecular complexity index is 426. The highest BCUT2D eigenvalue weighted by Gasteiger charge is 2.10. The molecule has 1 heterocycles. The fourth-order valence-corrected chi connectivity index (χ4v) is 1.66. The summed E-state index contributed by atoms with van der Waals surface area (Å²) in [6, 6.07) is 9.93. The standard InChI is InChI=1S/C10H11BrN4/c11-10-13-9(14-15-10)8(12)6-7-4-2-1-3-5-7/h1-5,8H,6,12H2,(H,13,14,15)/t8-/m0/s1. The van der Waals surface area contributed by atoms with Crippen LogP contribution in [0.2, 0.25) is 0 Å². The topological polar surface area (TPSA) is 67.6 Å². The van der Waals surface area contributed by atoms with Crippen molar-refractivity contribution < 1.29 is 0 Å². The van der Waals surface area contributed by atoms with Gasteiger partial charge in [-0.1, -0.05) is 30.3 Å². The first-order valence-corrected chi connectivity index (χ1v) is 5.42. The molecule has 78 valence electrons. The SMILES string of the molecule is N[C@@H](Cc1ccccc1)c1nc(Br)n[nH]1. The van der Waals surface area contributed by atoms with Crippen LogP contribution in [-0.4, -0.2) is 15.2 Å². The van der Waals surface area contributed by atoms with E-state index in [1.165, 1.54) is 5.56 Å². The highest BCUT2D eigenvalue weighted by molar-refractivity contribution is 9.10. The van der Waals surface area contributed by atoms with E-state index >= 15 is 0 Å². The zero-order valence-corrected chi connectivity index (χ0v) is 9.61. The molecule has 1 aromatic carbocycles. The van der Waals surface area contributed by atoms with Crippen LogP contribution in [0.1, 0.15) is 17.4 Å². The van der Waals surface area contributed by atoms with E-state index in [0.717, 1.165) is 6.42 Å². The third kappa shape index (κ3) is 2.64. The number of aromatic amines is 1. The van der Waals surface area contributed by atoms with Crippen LogP contribution in [0.5, 0.6) is 0 Å². The van der Waals surface area contributed by atoms with Gasteiger partial charge in [-0.3, -0.25) is 5.10 Å². The van der Waals surface area contributed by atoms with E-state index in [-0.39, 0.29) is 6.04 Å². The molecule has 3 N–H and O–H groups in total. The van der Waals surface area contributed by atoms with Crippen molar-refractivity contribution in [2.75, 3.05) is 0 Å². The summed E-state index contributed by atoms with van der Waals surface area (Å²) in [5.74, 6) is 0.700. The van der Waals surface area contributed by atoms with Crippen molar-refractivity contribution in [1.29, 1.82) is 0 Å². The van der Waals surface area contributed by atoms with Gasteiger partial charge in [-0.25, -0.2) is 4.98 Å². The van der Waals surface area contributed by atoms with Gasteiger partial charge in [0.2, 0.25) is 4.73 Å². The maximum absolute atomic E-state index is 5.99. The molecular formula is C10H11BrN4. The van der Waals surface area contributed by atoms with Crippen LogP contribution < -0.4 is 5.73 Å². The average molecular weight is 267 g/mol. The van der Waals surface area contributed by atoms with E-state index in [1.807, 2.05) is 30.3 Å². The van der Waals surface area contributed by atoms with Gasteiger partial charge in [0.15, 0.2) is 0 Å². The Kier molecular flexibility index (Phi) is 3.13. The molecule has 15 heavy (non-hydrogen) atoms. The average Bonchev–Trinajstić information content (AvgIpc) is 2.66. The Labute approximate surface area is 96.0 Å². The lowest BCUT2D eigenvalue weighted by atomic mass is 10.1. The van der Waals surface area contributed by atoms with E-state index in [2.05, 4.69) is 31.1 Å². The number of hydrogen-bond acceptors (Lipinski definition) is 3. The monoisotopic (exact) mass is 266 g/mol. The summed E-state index contributed by atoms with van der Waals surface area (Å²) >= 11 is 3.18. The van der Waals surface area contributed by atoms with Crippen molar-refractivity contribution in [2.24, 2.45) is 5.73 Å².